The highest BCUT2D eigenvalue weighted by Crippen LogP contribution is 2.32. The number of hydrogen-bond acceptors (Lipinski definition) is 3. The van der Waals surface area contributed by atoms with Crippen LogP contribution in [0.1, 0.15) is 36.4 Å². The number of halogens is 1. The number of piperidine rings is 1. The molecule has 0 amide bonds. The van der Waals surface area contributed by atoms with E-state index in [4.69, 9.17) is 0 Å². The molecule has 0 aliphatic carbocycles. The molecule has 0 bridgehead atoms. The summed E-state index contributed by atoms with van der Waals surface area (Å²) in [5.41, 5.74) is 4.09. The number of likely N-dealkylation sites (tertiary alicyclic amines) is 1. The second-order valence-electron chi connectivity index (χ2n) is 6.83. The number of nitrogens with zero attached hydrogens (tertiary/aromatic N) is 3. The maximum atomic E-state index is 13.4. The summed E-state index contributed by atoms with van der Waals surface area (Å²) < 4.78 is 13.4. The van der Waals surface area contributed by atoms with Crippen molar-refractivity contribution in [1.29, 1.82) is 0 Å². The summed E-state index contributed by atoms with van der Waals surface area (Å²) in [4.78, 5) is 11.3. The van der Waals surface area contributed by atoms with Crippen LogP contribution in [0.3, 0.4) is 0 Å². The quantitative estimate of drug-likeness (QED) is 0.664. The average molecular weight is 347 g/mol. The van der Waals surface area contributed by atoms with Gasteiger partial charge in [0.1, 0.15) is 5.82 Å². The van der Waals surface area contributed by atoms with Gasteiger partial charge in [-0.3, -0.25) is 14.9 Å². The third-order valence-electron chi connectivity index (χ3n) is 5.01. The van der Waals surface area contributed by atoms with Gasteiger partial charge in [0.2, 0.25) is 0 Å². The molecule has 0 unspecified atom stereocenters. The van der Waals surface area contributed by atoms with Crippen molar-refractivity contribution in [3.63, 3.8) is 0 Å². The van der Waals surface area contributed by atoms with Crippen molar-refractivity contribution in [3.8, 4) is 11.3 Å². The molecule has 1 atom stereocenters. The standard InChI is InChI=1S/C22H22FN3/c23-20-7-3-6-18(13-20)21-10-9-19(15-25-21)22-8-1-2-12-26(22)16-17-5-4-11-24-14-17/h3-7,9-11,13-15,22H,1-2,8,12,16H2/t22-/m0/s1. The summed E-state index contributed by atoms with van der Waals surface area (Å²) in [5.74, 6) is -0.233. The van der Waals surface area contributed by atoms with Gasteiger partial charge in [-0.2, -0.15) is 0 Å². The number of pyridine rings is 2. The molecule has 4 heteroatoms. The van der Waals surface area contributed by atoms with Crippen LogP contribution in [0, 0.1) is 5.82 Å². The molecule has 1 aliphatic heterocycles. The van der Waals surface area contributed by atoms with Crippen LogP contribution in [0.15, 0.2) is 67.1 Å². The largest absolute Gasteiger partial charge is 0.292 e. The van der Waals surface area contributed by atoms with Crippen molar-refractivity contribution in [1.82, 2.24) is 14.9 Å². The van der Waals surface area contributed by atoms with E-state index in [0.717, 1.165) is 30.8 Å². The summed E-state index contributed by atoms with van der Waals surface area (Å²) in [5, 5.41) is 0. The molecule has 1 aromatic carbocycles. The summed E-state index contributed by atoms with van der Waals surface area (Å²) in [7, 11) is 0. The van der Waals surface area contributed by atoms with E-state index in [9.17, 15) is 4.39 Å². The zero-order valence-electron chi connectivity index (χ0n) is 14.7. The molecule has 0 N–H and O–H groups in total. The minimum absolute atomic E-state index is 0.233. The lowest BCUT2D eigenvalue weighted by Gasteiger charge is -2.36. The van der Waals surface area contributed by atoms with Crippen molar-refractivity contribution >= 4 is 0 Å². The van der Waals surface area contributed by atoms with Gasteiger partial charge in [0.05, 0.1) is 5.69 Å². The highest BCUT2D eigenvalue weighted by Gasteiger charge is 2.24. The highest BCUT2D eigenvalue weighted by atomic mass is 19.1. The first-order chi connectivity index (χ1) is 12.8. The normalized spacial score (nSPS) is 18.0. The Morgan fingerprint density at radius 2 is 2.00 bits per heavy atom. The monoisotopic (exact) mass is 347 g/mol. The molecule has 26 heavy (non-hydrogen) atoms. The van der Waals surface area contributed by atoms with Gasteiger partial charge in [-0.05, 0) is 54.8 Å². The van der Waals surface area contributed by atoms with Crippen LogP contribution in [-0.4, -0.2) is 21.4 Å². The molecule has 0 radical (unpaired) electrons. The van der Waals surface area contributed by atoms with Gasteiger partial charge in [-0.15, -0.1) is 0 Å². The van der Waals surface area contributed by atoms with Gasteiger partial charge in [-0.1, -0.05) is 30.7 Å². The molecule has 132 valence electrons. The van der Waals surface area contributed by atoms with E-state index in [1.54, 1.807) is 6.07 Å². The molecule has 0 saturated carbocycles. The topological polar surface area (TPSA) is 29.0 Å². The lowest BCUT2D eigenvalue weighted by molar-refractivity contribution is 0.140. The number of aromatic nitrogens is 2. The summed E-state index contributed by atoms with van der Waals surface area (Å²) in [6.45, 7) is 2.00. The molecule has 1 aliphatic rings. The van der Waals surface area contributed by atoms with Crippen LogP contribution in [0.2, 0.25) is 0 Å². The fourth-order valence-corrected chi connectivity index (χ4v) is 3.70. The van der Waals surface area contributed by atoms with Gasteiger partial charge < -0.3 is 0 Å². The number of benzene rings is 1. The Labute approximate surface area is 153 Å². The smallest absolute Gasteiger partial charge is 0.123 e. The van der Waals surface area contributed by atoms with Crippen molar-refractivity contribution in [2.24, 2.45) is 0 Å². The second kappa shape index (κ2) is 7.75. The van der Waals surface area contributed by atoms with E-state index in [-0.39, 0.29) is 5.82 Å². The molecular weight excluding hydrogens is 325 g/mol. The van der Waals surface area contributed by atoms with Crippen LogP contribution < -0.4 is 0 Å². The third kappa shape index (κ3) is 3.81. The zero-order chi connectivity index (χ0) is 17.8. The molecule has 0 spiro atoms. The molecule has 1 saturated heterocycles. The fraction of sp³-hybridized carbons (Fsp3) is 0.273. The van der Waals surface area contributed by atoms with E-state index >= 15 is 0 Å². The Morgan fingerprint density at radius 3 is 2.77 bits per heavy atom. The Bertz CT molecular complexity index is 849. The SMILES string of the molecule is Fc1cccc(-c2ccc([C@@H]3CCCCN3Cc3cccnc3)cn2)c1. The van der Waals surface area contributed by atoms with Gasteiger partial charge in [0, 0.05) is 36.7 Å². The summed E-state index contributed by atoms with van der Waals surface area (Å²) in [6, 6.07) is 15.2. The zero-order valence-corrected chi connectivity index (χ0v) is 14.7. The Morgan fingerprint density at radius 1 is 1.04 bits per heavy atom. The van der Waals surface area contributed by atoms with Crippen LogP contribution in [0.4, 0.5) is 4.39 Å². The second-order valence-corrected chi connectivity index (χ2v) is 6.83. The first-order valence-electron chi connectivity index (χ1n) is 9.14. The fourth-order valence-electron chi connectivity index (χ4n) is 3.70. The van der Waals surface area contributed by atoms with Gasteiger partial charge >= 0.3 is 0 Å². The maximum Gasteiger partial charge on any atom is 0.123 e. The van der Waals surface area contributed by atoms with Crippen LogP contribution in [0.5, 0.6) is 0 Å². The van der Waals surface area contributed by atoms with Crippen molar-refractivity contribution in [2.45, 2.75) is 31.8 Å². The molecular formula is C22H22FN3. The van der Waals surface area contributed by atoms with Crippen LogP contribution in [-0.2, 0) is 6.54 Å². The van der Waals surface area contributed by atoms with E-state index < -0.39 is 0 Å². The average Bonchev–Trinajstić information content (AvgIpc) is 2.69. The van der Waals surface area contributed by atoms with Gasteiger partial charge in [0.25, 0.3) is 0 Å². The van der Waals surface area contributed by atoms with Crippen LogP contribution >= 0.6 is 0 Å². The molecule has 2 aromatic heterocycles. The minimum atomic E-state index is -0.233. The predicted molar refractivity (Wildman–Crippen MR) is 101 cm³/mol. The molecule has 1 fully saturated rings. The molecule has 3 nitrogen and oxygen atoms in total. The molecule has 3 heterocycles. The van der Waals surface area contributed by atoms with E-state index in [2.05, 4.69) is 27.0 Å². The van der Waals surface area contributed by atoms with Gasteiger partial charge in [-0.25, -0.2) is 4.39 Å². The highest BCUT2D eigenvalue weighted by molar-refractivity contribution is 5.59. The van der Waals surface area contributed by atoms with Crippen LogP contribution in [0.25, 0.3) is 11.3 Å². The van der Waals surface area contributed by atoms with E-state index in [1.165, 1.54) is 36.1 Å². The lowest BCUT2D eigenvalue weighted by atomic mass is 9.95. The molecule has 3 aromatic rings. The number of hydrogen-bond donors (Lipinski definition) is 0. The third-order valence-corrected chi connectivity index (χ3v) is 5.01. The van der Waals surface area contributed by atoms with Gasteiger partial charge in [0.15, 0.2) is 0 Å². The summed E-state index contributed by atoms with van der Waals surface area (Å²) in [6.07, 6.45) is 9.31. The van der Waals surface area contributed by atoms with Crippen molar-refractivity contribution in [3.05, 3.63) is 84.1 Å². The Hall–Kier alpha value is -2.59. The predicted octanol–water partition coefficient (Wildman–Crippen LogP) is 5.01. The van der Waals surface area contributed by atoms with Crippen molar-refractivity contribution < 1.29 is 4.39 Å². The summed E-state index contributed by atoms with van der Waals surface area (Å²) >= 11 is 0. The lowest BCUT2D eigenvalue weighted by Crippen LogP contribution is -2.33. The van der Waals surface area contributed by atoms with E-state index in [0.29, 0.717) is 6.04 Å². The van der Waals surface area contributed by atoms with E-state index in [1.807, 2.05) is 36.8 Å². The Balaban J connectivity index is 1.54. The minimum Gasteiger partial charge on any atom is -0.292 e. The first-order valence-corrected chi connectivity index (χ1v) is 9.14. The maximum absolute atomic E-state index is 13.4. The van der Waals surface area contributed by atoms with Crippen molar-refractivity contribution in [2.75, 3.05) is 6.54 Å². The molecule has 4 rings (SSSR count). The first kappa shape index (κ1) is 16.9. The number of rotatable bonds is 4. The Kier molecular flexibility index (Phi) is 5.02.